The van der Waals surface area contributed by atoms with Crippen LogP contribution in [-0.2, 0) is 11.2 Å². The number of fused-ring (bicyclic) bond motifs is 1. The van der Waals surface area contributed by atoms with Crippen molar-refractivity contribution in [2.24, 2.45) is 0 Å². The van der Waals surface area contributed by atoms with Gasteiger partial charge in [0.15, 0.2) is 5.11 Å². The first-order chi connectivity index (χ1) is 10.8. The number of hydrogen-bond acceptors (Lipinski definition) is 5. The molecule has 0 spiro atoms. The fraction of sp³-hybridized carbons (Fsp3) is 0.429. The van der Waals surface area contributed by atoms with E-state index in [4.69, 9.17) is 12.2 Å². The van der Waals surface area contributed by atoms with Crippen molar-refractivity contribution in [3.63, 3.8) is 0 Å². The van der Waals surface area contributed by atoms with Gasteiger partial charge in [-0.3, -0.25) is 20.4 Å². The van der Waals surface area contributed by atoms with E-state index in [2.05, 4.69) is 26.1 Å². The highest BCUT2D eigenvalue weighted by Crippen LogP contribution is 2.25. The second-order valence-electron chi connectivity index (χ2n) is 5.45. The standard InChI is InChI=1S/C14H19N5O2S2/c1-6(2)15-14(22)19-18-10(20)5-9-16-12(21)11-7(3)8(4)23-13(11)17-9/h6H,5H2,1-4H3,(H,18,20)(H2,15,19,22)(H,16,17,21). The molecule has 0 atom stereocenters. The Balaban J connectivity index is 2.06. The van der Waals surface area contributed by atoms with Gasteiger partial charge in [-0.15, -0.1) is 11.3 Å². The van der Waals surface area contributed by atoms with Crippen LogP contribution in [0.3, 0.4) is 0 Å². The number of hydrogen-bond donors (Lipinski definition) is 4. The number of carbonyl (C=O) groups is 1. The minimum absolute atomic E-state index is 0.0432. The van der Waals surface area contributed by atoms with Crippen LogP contribution in [0.15, 0.2) is 4.79 Å². The molecule has 2 aromatic rings. The summed E-state index contributed by atoms with van der Waals surface area (Å²) in [6, 6.07) is 0.164. The first kappa shape index (κ1) is 17.4. The molecule has 0 fully saturated rings. The van der Waals surface area contributed by atoms with Gasteiger partial charge in [0.2, 0.25) is 5.91 Å². The van der Waals surface area contributed by atoms with Crippen molar-refractivity contribution in [2.45, 2.75) is 40.2 Å². The van der Waals surface area contributed by atoms with Crippen molar-refractivity contribution in [1.82, 2.24) is 26.1 Å². The molecule has 0 saturated carbocycles. The summed E-state index contributed by atoms with van der Waals surface area (Å²) in [6.07, 6.45) is -0.0432. The number of thiocarbonyl (C=S) groups is 1. The average molecular weight is 353 g/mol. The fourth-order valence-electron chi connectivity index (χ4n) is 2.00. The van der Waals surface area contributed by atoms with Crippen LogP contribution in [0.4, 0.5) is 0 Å². The van der Waals surface area contributed by atoms with Crippen molar-refractivity contribution >= 4 is 44.8 Å². The van der Waals surface area contributed by atoms with Crippen LogP contribution in [0.25, 0.3) is 10.2 Å². The Morgan fingerprint density at radius 3 is 2.70 bits per heavy atom. The van der Waals surface area contributed by atoms with Gasteiger partial charge in [0.1, 0.15) is 10.7 Å². The van der Waals surface area contributed by atoms with E-state index in [-0.39, 0.29) is 23.9 Å². The molecule has 0 unspecified atom stereocenters. The lowest BCUT2D eigenvalue weighted by atomic mass is 10.2. The molecule has 7 nitrogen and oxygen atoms in total. The minimum atomic E-state index is -0.342. The van der Waals surface area contributed by atoms with Gasteiger partial charge in [-0.05, 0) is 45.5 Å². The lowest BCUT2D eigenvalue weighted by Crippen LogP contribution is -2.49. The topological polar surface area (TPSA) is 98.9 Å². The normalized spacial score (nSPS) is 10.8. The maximum absolute atomic E-state index is 12.1. The third-order valence-electron chi connectivity index (χ3n) is 3.15. The highest BCUT2D eigenvalue weighted by atomic mass is 32.1. The predicted octanol–water partition coefficient (Wildman–Crippen LogP) is 1.05. The van der Waals surface area contributed by atoms with Crippen LogP contribution in [0.2, 0.25) is 0 Å². The third kappa shape index (κ3) is 4.26. The number of aromatic amines is 1. The van der Waals surface area contributed by atoms with Crippen LogP contribution in [0.1, 0.15) is 30.1 Å². The number of aromatic nitrogens is 2. The van der Waals surface area contributed by atoms with Crippen LogP contribution in [0.5, 0.6) is 0 Å². The number of nitrogens with one attached hydrogen (secondary N) is 4. The summed E-state index contributed by atoms with van der Waals surface area (Å²) in [5.41, 5.74) is 5.79. The number of nitrogens with zero attached hydrogens (tertiary/aromatic N) is 1. The zero-order valence-electron chi connectivity index (χ0n) is 13.4. The average Bonchev–Trinajstić information content (AvgIpc) is 2.71. The first-order valence-corrected chi connectivity index (χ1v) is 8.34. The highest BCUT2D eigenvalue weighted by Gasteiger charge is 2.13. The molecular formula is C14H19N5O2S2. The van der Waals surface area contributed by atoms with Crippen LogP contribution >= 0.6 is 23.6 Å². The first-order valence-electron chi connectivity index (χ1n) is 7.12. The van der Waals surface area contributed by atoms with Crippen molar-refractivity contribution in [3.8, 4) is 0 Å². The largest absolute Gasteiger partial charge is 0.359 e. The molecule has 1 amide bonds. The Labute approximate surface area is 142 Å². The number of thiophene rings is 1. The van der Waals surface area contributed by atoms with Gasteiger partial charge in [0.05, 0.1) is 11.8 Å². The maximum Gasteiger partial charge on any atom is 0.259 e. The van der Waals surface area contributed by atoms with E-state index in [1.54, 1.807) is 0 Å². The van der Waals surface area contributed by atoms with E-state index in [9.17, 15) is 9.59 Å². The molecule has 9 heteroatoms. The highest BCUT2D eigenvalue weighted by molar-refractivity contribution is 7.80. The van der Waals surface area contributed by atoms with E-state index in [1.807, 2.05) is 27.7 Å². The van der Waals surface area contributed by atoms with Crippen molar-refractivity contribution in [2.75, 3.05) is 0 Å². The van der Waals surface area contributed by atoms with E-state index < -0.39 is 0 Å². The molecule has 23 heavy (non-hydrogen) atoms. The number of aryl methyl sites for hydroxylation is 2. The molecule has 0 aliphatic heterocycles. The Hall–Kier alpha value is -2.00. The molecule has 2 rings (SSSR count). The van der Waals surface area contributed by atoms with E-state index >= 15 is 0 Å². The van der Waals surface area contributed by atoms with Crippen LogP contribution < -0.4 is 21.7 Å². The monoisotopic (exact) mass is 353 g/mol. The molecule has 0 saturated heterocycles. The van der Waals surface area contributed by atoms with Crippen molar-refractivity contribution in [1.29, 1.82) is 0 Å². The summed E-state index contributed by atoms with van der Waals surface area (Å²) < 4.78 is 0. The lowest BCUT2D eigenvalue weighted by Gasteiger charge is -2.13. The second kappa shape index (κ2) is 7.05. The maximum atomic E-state index is 12.1. The number of amides is 1. The van der Waals surface area contributed by atoms with Gasteiger partial charge < -0.3 is 10.3 Å². The molecule has 2 heterocycles. The molecule has 0 radical (unpaired) electrons. The smallest absolute Gasteiger partial charge is 0.259 e. The number of rotatable bonds is 3. The van der Waals surface area contributed by atoms with E-state index in [1.165, 1.54) is 11.3 Å². The summed E-state index contributed by atoms with van der Waals surface area (Å²) in [5, 5.41) is 3.86. The van der Waals surface area contributed by atoms with E-state index in [0.717, 1.165) is 10.4 Å². The van der Waals surface area contributed by atoms with E-state index in [0.29, 0.717) is 21.2 Å². The number of H-pyrrole nitrogens is 1. The Morgan fingerprint density at radius 1 is 1.35 bits per heavy atom. The van der Waals surface area contributed by atoms with Gasteiger partial charge in [0.25, 0.3) is 5.56 Å². The predicted molar refractivity (Wildman–Crippen MR) is 95.6 cm³/mol. The number of hydrazine groups is 1. The van der Waals surface area contributed by atoms with Gasteiger partial charge in [-0.2, -0.15) is 0 Å². The zero-order chi connectivity index (χ0) is 17.1. The molecule has 0 aliphatic carbocycles. The quantitative estimate of drug-likeness (QED) is 0.486. The second-order valence-corrected chi connectivity index (χ2v) is 7.07. The summed E-state index contributed by atoms with van der Waals surface area (Å²) in [6.45, 7) is 7.71. The molecule has 0 aromatic carbocycles. The van der Waals surface area contributed by atoms with Gasteiger partial charge >= 0.3 is 0 Å². The Kier molecular flexibility index (Phi) is 5.32. The zero-order valence-corrected chi connectivity index (χ0v) is 15.0. The summed E-state index contributed by atoms with van der Waals surface area (Å²) in [4.78, 5) is 32.8. The third-order valence-corrected chi connectivity index (χ3v) is 4.47. The summed E-state index contributed by atoms with van der Waals surface area (Å²) >= 11 is 6.46. The van der Waals surface area contributed by atoms with Crippen molar-refractivity contribution in [3.05, 3.63) is 26.6 Å². The lowest BCUT2D eigenvalue weighted by molar-refractivity contribution is -0.121. The van der Waals surface area contributed by atoms with Crippen molar-refractivity contribution < 1.29 is 4.79 Å². The van der Waals surface area contributed by atoms with Crippen LogP contribution in [0, 0.1) is 13.8 Å². The minimum Gasteiger partial charge on any atom is -0.359 e. The van der Waals surface area contributed by atoms with Gasteiger partial charge in [-0.1, -0.05) is 0 Å². The molecule has 124 valence electrons. The fourth-order valence-corrected chi connectivity index (χ4v) is 3.34. The van der Waals surface area contributed by atoms with Gasteiger partial charge in [-0.25, -0.2) is 4.98 Å². The molecule has 0 aliphatic rings. The SMILES string of the molecule is Cc1sc2nc(CC(=O)NNC(=S)NC(C)C)[nH]c(=O)c2c1C. The van der Waals surface area contributed by atoms with Gasteiger partial charge in [0, 0.05) is 10.9 Å². The molecule has 4 N–H and O–H groups in total. The van der Waals surface area contributed by atoms with Crippen LogP contribution in [-0.4, -0.2) is 27.0 Å². The Bertz CT molecular complexity index is 809. The molecular weight excluding hydrogens is 334 g/mol. The molecule has 0 bridgehead atoms. The summed E-state index contributed by atoms with van der Waals surface area (Å²) in [5.74, 6) is -0.0174. The summed E-state index contributed by atoms with van der Waals surface area (Å²) in [7, 11) is 0. The number of carbonyl (C=O) groups excluding carboxylic acids is 1. The molecule has 2 aromatic heterocycles. The Morgan fingerprint density at radius 2 is 2.04 bits per heavy atom.